The summed E-state index contributed by atoms with van der Waals surface area (Å²) in [6.07, 6.45) is -2.80. The molecule has 148 valence electrons. The number of rotatable bonds is 2. The van der Waals surface area contributed by atoms with Crippen LogP contribution in [-0.4, -0.2) is 0 Å². The molecule has 0 aliphatic rings. The first-order valence-corrected chi connectivity index (χ1v) is 9.37. The van der Waals surface area contributed by atoms with Crippen LogP contribution in [-0.2, 0) is 13.2 Å². The number of hydrogen-bond acceptors (Lipinski definition) is 0. The maximum Gasteiger partial charge on any atom is 0.417 e. The summed E-state index contributed by atoms with van der Waals surface area (Å²) in [5.41, 5.74) is 2.39. The maximum atomic E-state index is 14.3. The highest BCUT2D eigenvalue weighted by molar-refractivity contribution is 5.95. The highest BCUT2D eigenvalue weighted by Gasteiger charge is 2.38. The molecule has 0 unspecified atom stereocenters. The van der Waals surface area contributed by atoms with Gasteiger partial charge < -0.3 is 0 Å². The molecule has 0 aliphatic carbocycles. The highest BCUT2D eigenvalue weighted by Crippen LogP contribution is 2.44. The molecule has 0 spiro atoms. The largest absolute Gasteiger partial charge is 0.417 e. The average Bonchev–Trinajstić information content (AvgIpc) is 2.73. The minimum absolute atomic E-state index is 0.0433. The lowest BCUT2D eigenvalue weighted by atomic mass is 9.90. The summed E-state index contributed by atoms with van der Waals surface area (Å²) in [5, 5.41) is 0.513. The van der Waals surface area contributed by atoms with Gasteiger partial charge in [-0.3, -0.25) is 0 Å². The van der Waals surface area contributed by atoms with Crippen LogP contribution in [0.2, 0.25) is 0 Å². The number of fused-ring (bicyclic) bond motifs is 1. The third kappa shape index (κ3) is 3.42. The van der Waals surface area contributed by atoms with Gasteiger partial charge in [-0.2, -0.15) is 13.2 Å². The Morgan fingerprint density at radius 1 is 0.900 bits per heavy atom. The quantitative estimate of drug-likeness (QED) is 0.255. The fourth-order valence-electron chi connectivity index (χ4n) is 3.85. The molecule has 0 atom stereocenters. The summed E-state index contributed by atoms with van der Waals surface area (Å²) in [4.78, 5) is 3.32. The number of benzene rings is 3. The van der Waals surface area contributed by atoms with Crippen molar-refractivity contribution in [3.8, 4) is 22.4 Å². The zero-order valence-corrected chi connectivity index (χ0v) is 16.5. The molecule has 4 rings (SSSR count). The van der Waals surface area contributed by atoms with Gasteiger partial charge in [0.05, 0.1) is 17.7 Å². The normalized spacial score (nSPS) is 11.5. The van der Waals surface area contributed by atoms with Gasteiger partial charge >= 0.3 is 6.18 Å². The van der Waals surface area contributed by atoms with E-state index in [0.29, 0.717) is 16.6 Å². The van der Waals surface area contributed by atoms with Crippen LogP contribution in [0.1, 0.15) is 11.1 Å². The summed E-state index contributed by atoms with van der Waals surface area (Å²) in [7, 11) is 1.74. The molecule has 1 heterocycles. The summed E-state index contributed by atoms with van der Waals surface area (Å²) >= 11 is 0. The van der Waals surface area contributed by atoms with Crippen LogP contribution in [0.3, 0.4) is 0 Å². The van der Waals surface area contributed by atoms with Crippen molar-refractivity contribution in [3.05, 3.63) is 95.5 Å². The second-order valence-electron chi connectivity index (χ2n) is 7.24. The van der Waals surface area contributed by atoms with E-state index in [1.54, 1.807) is 49.0 Å². The molecule has 0 fully saturated rings. The number of aromatic nitrogens is 1. The molecular formula is C25H18F3N2+. The summed E-state index contributed by atoms with van der Waals surface area (Å²) < 4.78 is 44.7. The minimum Gasteiger partial charge on any atom is -0.238 e. The van der Waals surface area contributed by atoms with Crippen LogP contribution >= 0.6 is 0 Å². The van der Waals surface area contributed by atoms with Gasteiger partial charge in [-0.15, -0.1) is 0 Å². The zero-order chi connectivity index (χ0) is 21.5. The van der Waals surface area contributed by atoms with Gasteiger partial charge in [0, 0.05) is 12.1 Å². The summed E-state index contributed by atoms with van der Waals surface area (Å²) in [6, 6.07) is 19.4. The average molecular weight is 403 g/mol. The number of hydrogen-bond donors (Lipinski definition) is 0. The molecule has 0 saturated carbocycles. The molecule has 2 nitrogen and oxygen atoms in total. The molecular weight excluding hydrogens is 385 g/mol. The van der Waals surface area contributed by atoms with E-state index in [-0.39, 0.29) is 16.6 Å². The van der Waals surface area contributed by atoms with Gasteiger partial charge in [-0.1, -0.05) is 48.5 Å². The first-order valence-electron chi connectivity index (χ1n) is 9.37. The Balaban J connectivity index is 2.09. The Morgan fingerprint density at radius 2 is 1.63 bits per heavy atom. The maximum absolute atomic E-state index is 14.3. The molecule has 3 aromatic carbocycles. The van der Waals surface area contributed by atoms with Crippen molar-refractivity contribution in [3.63, 3.8) is 0 Å². The van der Waals surface area contributed by atoms with Crippen molar-refractivity contribution in [1.29, 1.82) is 0 Å². The van der Waals surface area contributed by atoms with Gasteiger partial charge in [-0.05, 0) is 40.5 Å². The SMILES string of the molecule is [C-]#[N+]c1ccc2cc(C)c(-c3cc(-c4ccccc4)cc[n+]3C)c(C(F)(F)F)c2c1. The van der Waals surface area contributed by atoms with Crippen LogP contribution in [0, 0.1) is 13.5 Å². The Bertz CT molecular complexity index is 1300. The van der Waals surface area contributed by atoms with Crippen molar-refractivity contribution >= 4 is 16.5 Å². The van der Waals surface area contributed by atoms with Crippen LogP contribution in [0.15, 0.2) is 72.9 Å². The third-order valence-corrected chi connectivity index (χ3v) is 5.25. The lowest BCUT2D eigenvalue weighted by Gasteiger charge is -2.18. The predicted octanol–water partition coefficient (Wildman–Crippen LogP) is 6.88. The molecule has 0 N–H and O–H groups in total. The number of alkyl halides is 3. The van der Waals surface area contributed by atoms with E-state index in [1.807, 2.05) is 36.4 Å². The van der Waals surface area contributed by atoms with E-state index in [1.165, 1.54) is 6.07 Å². The Kier molecular flexibility index (Phi) is 4.79. The molecule has 0 aliphatic heterocycles. The van der Waals surface area contributed by atoms with Crippen molar-refractivity contribution in [2.45, 2.75) is 13.1 Å². The predicted molar refractivity (Wildman–Crippen MR) is 112 cm³/mol. The fourth-order valence-corrected chi connectivity index (χ4v) is 3.85. The Morgan fingerprint density at radius 3 is 2.30 bits per heavy atom. The van der Waals surface area contributed by atoms with E-state index in [0.717, 1.165) is 11.1 Å². The summed E-state index contributed by atoms with van der Waals surface area (Å²) in [6.45, 7) is 8.90. The van der Waals surface area contributed by atoms with Gasteiger partial charge in [0.15, 0.2) is 11.9 Å². The lowest BCUT2D eigenvalue weighted by molar-refractivity contribution is -0.660. The first kappa shape index (κ1) is 19.7. The molecule has 0 bridgehead atoms. The highest BCUT2D eigenvalue weighted by atomic mass is 19.4. The van der Waals surface area contributed by atoms with Gasteiger partial charge in [0.25, 0.3) is 0 Å². The van der Waals surface area contributed by atoms with Crippen LogP contribution in [0.5, 0.6) is 0 Å². The molecule has 0 radical (unpaired) electrons. The smallest absolute Gasteiger partial charge is 0.238 e. The third-order valence-electron chi connectivity index (χ3n) is 5.25. The van der Waals surface area contributed by atoms with Gasteiger partial charge in [0.2, 0.25) is 5.69 Å². The molecule has 4 aromatic rings. The van der Waals surface area contributed by atoms with E-state index in [4.69, 9.17) is 6.57 Å². The number of halogens is 3. The monoisotopic (exact) mass is 403 g/mol. The van der Waals surface area contributed by atoms with Crippen molar-refractivity contribution < 1.29 is 17.7 Å². The lowest BCUT2D eigenvalue weighted by Crippen LogP contribution is -2.31. The molecule has 0 amide bonds. The van der Waals surface area contributed by atoms with Gasteiger partial charge in [0.1, 0.15) is 7.05 Å². The molecule has 5 heteroatoms. The zero-order valence-electron chi connectivity index (χ0n) is 16.5. The fraction of sp³-hybridized carbons (Fsp3) is 0.120. The standard InChI is InChI=1S/C25H18F3N2/c1-16-13-19-9-10-20(29-2)15-21(19)24(25(26,27)28)23(16)22-14-18(11-12-30(22)3)17-7-5-4-6-8-17/h4-15H,1,3H3/q+1. The molecule has 1 aromatic heterocycles. The number of aryl methyl sites for hydroxylation is 2. The van der Waals surface area contributed by atoms with E-state index in [2.05, 4.69) is 4.85 Å². The topological polar surface area (TPSA) is 8.24 Å². The number of nitrogens with zero attached hydrogens (tertiary/aromatic N) is 2. The molecule has 30 heavy (non-hydrogen) atoms. The van der Waals surface area contributed by atoms with Crippen molar-refractivity contribution in [2.75, 3.05) is 0 Å². The first-order chi connectivity index (χ1) is 14.3. The number of pyridine rings is 1. The second kappa shape index (κ2) is 7.31. The second-order valence-corrected chi connectivity index (χ2v) is 7.24. The van der Waals surface area contributed by atoms with Gasteiger partial charge in [-0.25, -0.2) is 9.41 Å². The minimum atomic E-state index is -4.57. The Labute approximate surface area is 172 Å². The van der Waals surface area contributed by atoms with Crippen molar-refractivity contribution in [1.82, 2.24) is 0 Å². The van der Waals surface area contributed by atoms with Crippen LogP contribution in [0.4, 0.5) is 18.9 Å². The van der Waals surface area contributed by atoms with Crippen LogP contribution in [0.25, 0.3) is 38.0 Å². The van der Waals surface area contributed by atoms with Crippen LogP contribution < -0.4 is 4.57 Å². The summed E-state index contributed by atoms with van der Waals surface area (Å²) in [5.74, 6) is 0. The molecule has 0 saturated heterocycles. The van der Waals surface area contributed by atoms with E-state index < -0.39 is 11.7 Å². The Hall–Kier alpha value is -3.65. The van der Waals surface area contributed by atoms with Crippen molar-refractivity contribution in [2.24, 2.45) is 7.05 Å². The van der Waals surface area contributed by atoms with E-state index >= 15 is 0 Å². The van der Waals surface area contributed by atoms with E-state index in [9.17, 15) is 13.2 Å².